The van der Waals surface area contributed by atoms with Crippen molar-refractivity contribution in [3.63, 3.8) is 0 Å². The van der Waals surface area contributed by atoms with Crippen molar-refractivity contribution in [1.82, 2.24) is 10.6 Å². The Balaban J connectivity index is 1.51. The SMILES string of the molecule is Cc1cccc(CC(=O)NC2CC[C@H]3CNC[C@H]3C2)c1. The zero-order valence-corrected chi connectivity index (χ0v) is 12.2. The first kappa shape index (κ1) is 13.6. The molecule has 1 aliphatic heterocycles. The quantitative estimate of drug-likeness (QED) is 0.884. The number of amides is 1. The minimum atomic E-state index is 0.171. The minimum absolute atomic E-state index is 0.171. The molecule has 1 heterocycles. The molecule has 0 aromatic heterocycles. The molecule has 1 aromatic carbocycles. The molecule has 2 N–H and O–H groups in total. The van der Waals surface area contributed by atoms with E-state index in [1.54, 1.807) is 0 Å². The standard InChI is InChI=1S/C17H24N2O/c1-12-3-2-4-13(7-12)8-17(20)19-16-6-5-14-10-18-11-15(14)9-16/h2-4,7,14-16,18H,5-6,8-11H2,1H3,(H,19,20)/t14-,15+,16?/m0/s1. The third-order valence-corrected chi connectivity index (χ3v) is 4.77. The lowest BCUT2D eigenvalue weighted by Gasteiger charge is -2.31. The van der Waals surface area contributed by atoms with Crippen LogP contribution >= 0.6 is 0 Å². The highest BCUT2D eigenvalue weighted by Crippen LogP contribution is 2.32. The van der Waals surface area contributed by atoms with Crippen LogP contribution in [0.1, 0.15) is 30.4 Å². The van der Waals surface area contributed by atoms with Crippen LogP contribution in [0.2, 0.25) is 0 Å². The van der Waals surface area contributed by atoms with Crippen LogP contribution in [0.5, 0.6) is 0 Å². The Bertz CT molecular complexity index is 486. The van der Waals surface area contributed by atoms with Gasteiger partial charge in [0.1, 0.15) is 0 Å². The van der Waals surface area contributed by atoms with Crippen molar-refractivity contribution < 1.29 is 4.79 Å². The van der Waals surface area contributed by atoms with Crippen molar-refractivity contribution >= 4 is 5.91 Å². The molecule has 3 rings (SSSR count). The van der Waals surface area contributed by atoms with Crippen LogP contribution in [0.15, 0.2) is 24.3 Å². The number of aryl methyl sites for hydroxylation is 1. The first-order valence-corrected chi connectivity index (χ1v) is 7.76. The monoisotopic (exact) mass is 272 g/mol. The molecular formula is C17H24N2O. The van der Waals surface area contributed by atoms with Crippen molar-refractivity contribution in [2.75, 3.05) is 13.1 Å². The molecule has 3 heteroatoms. The summed E-state index contributed by atoms with van der Waals surface area (Å²) >= 11 is 0. The number of carbonyl (C=O) groups is 1. The number of nitrogens with one attached hydrogen (secondary N) is 2. The summed E-state index contributed by atoms with van der Waals surface area (Å²) in [6.07, 6.45) is 4.05. The lowest BCUT2D eigenvalue weighted by atomic mass is 9.79. The van der Waals surface area contributed by atoms with Crippen molar-refractivity contribution in [1.29, 1.82) is 0 Å². The van der Waals surface area contributed by atoms with Crippen LogP contribution in [0, 0.1) is 18.8 Å². The summed E-state index contributed by atoms with van der Waals surface area (Å²) in [5.74, 6) is 1.79. The Morgan fingerprint density at radius 2 is 2.15 bits per heavy atom. The highest BCUT2D eigenvalue weighted by atomic mass is 16.1. The van der Waals surface area contributed by atoms with Gasteiger partial charge in [0.15, 0.2) is 0 Å². The molecule has 1 unspecified atom stereocenters. The number of hydrogen-bond acceptors (Lipinski definition) is 2. The van der Waals surface area contributed by atoms with Gasteiger partial charge < -0.3 is 10.6 Å². The number of benzene rings is 1. The van der Waals surface area contributed by atoms with E-state index in [2.05, 4.69) is 29.7 Å². The summed E-state index contributed by atoms with van der Waals surface area (Å²) in [5.41, 5.74) is 2.33. The van der Waals surface area contributed by atoms with Crippen LogP contribution in [0.25, 0.3) is 0 Å². The van der Waals surface area contributed by atoms with Crippen molar-refractivity contribution in [2.45, 2.75) is 38.6 Å². The number of hydrogen-bond donors (Lipinski definition) is 2. The summed E-state index contributed by atoms with van der Waals surface area (Å²) in [6.45, 7) is 4.37. The molecule has 3 atom stereocenters. The zero-order valence-electron chi connectivity index (χ0n) is 12.2. The molecule has 1 saturated carbocycles. The molecule has 20 heavy (non-hydrogen) atoms. The first-order valence-electron chi connectivity index (χ1n) is 7.76. The fourth-order valence-corrected chi connectivity index (χ4v) is 3.72. The van der Waals surface area contributed by atoms with Gasteiger partial charge in [-0.05, 0) is 56.7 Å². The zero-order chi connectivity index (χ0) is 13.9. The second-order valence-corrected chi connectivity index (χ2v) is 6.42. The van der Waals surface area contributed by atoms with Gasteiger partial charge in [0.25, 0.3) is 0 Å². The number of fused-ring (bicyclic) bond motifs is 1. The molecular weight excluding hydrogens is 248 g/mol. The van der Waals surface area contributed by atoms with Gasteiger partial charge in [-0.2, -0.15) is 0 Å². The second kappa shape index (κ2) is 5.96. The van der Waals surface area contributed by atoms with E-state index in [4.69, 9.17) is 0 Å². The van der Waals surface area contributed by atoms with Gasteiger partial charge >= 0.3 is 0 Å². The highest BCUT2D eigenvalue weighted by molar-refractivity contribution is 5.78. The predicted molar refractivity (Wildman–Crippen MR) is 80.5 cm³/mol. The molecule has 1 amide bonds. The maximum absolute atomic E-state index is 12.2. The average Bonchev–Trinajstić information content (AvgIpc) is 2.86. The van der Waals surface area contributed by atoms with Gasteiger partial charge in [0.2, 0.25) is 5.91 Å². The van der Waals surface area contributed by atoms with Gasteiger partial charge in [0, 0.05) is 6.04 Å². The van der Waals surface area contributed by atoms with E-state index in [-0.39, 0.29) is 5.91 Å². The van der Waals surface area contributed by atoms with Crippen LogP contribution in [-0.4, -0.2) is 25.0 Å². The summed E-state index contributed by atoms with van der Waals surface area (Å²) < 4.78 is 0. The van der Waals surface area contributed by atoms with Crippen molar-refractivity contribution in [3.8, 4) is 0 Å². The lowest BCUT2D eigenvalue weighted by molar-refractivity contribution is -0.121. The van der Waals surface area contributed by atoms with Crippen LogP contribution in [-0.2, 0) is 11.2 Å². The molecule has 2 aliphatic rings. The summed E-state index contributed by atoms with van der Waals surface area (Å²) in [7, 11) is 0. The van der Waals surface area contributed by atoms with Gasteiger partial charge in [-0.3, -0.25) is 4.79 Å². The lowest BCUT2D eigenvalue weighted by Crippen LogP contribution is -2.41. The fraction of sp³-hybridized carbons (Fsp3) is 0.588. The van der Waals surface area contributed by atoms with Crippen LogP contribution in [0.4, 0.5) is 0 Å². The van der Waals surface area contributed by atoms with Gasteiger partial charge in [-0.1, -0.05) is 29.8 Å². The van der Waals surface area contributed by atoms with Crippen molar-refractivity contribution in [3.05, 3.63) is 35.4 Å². The molecule has 1 aromatic rings. The Morgan fingerprint density at radius 3 is 3.00 bits per heavy atom. The molecule has 0 bridgehead atoms. The average molecular weight is 272 g/mol. The van der Waals surface area contributed by atoms with E-state index < -0.39 is 0 Å². The fourth-order valence-electron chi connectivity index (χ4n) is 3.72. The normalized spacial score (nSPS) is 28.9. The largest absolute Gasteiger partial charge is 0.353 e. The van der Waals surface area contributed by atoms with E-state index in [9.17, 15) is 4.79 Å². The van der Waals surface area contributed by atoms with Crippen molar-refractivity contribution in [2.24, 2.45) is 11.8 Å². The van der Waals surface area contributed by atoms with E-state index in [1.807, 2.05) is 12.1 Å². The number of rotatable bonds is 3. The smallest absolute Gasteiger partial charge is 0.224 e. The summed E-state index contributed by atoms with van der Waals surface area (Å²) in [6, 6.07) is 8.60. The first-order chi connectivity index (χ1) is 9.70. The Hall–Kier alpha value is -1.35. The summed E-state index contributed by atoms with van der Waals surface area (Å²) in [5, 5.41) is 6.70. The molecule has 1 aliphatic carbocycles. The molecule has 0 radical (unpaired) electrons. The van der Waals surface area contributed by atoms with Gasteiger partial charge in [-0.25, -0.2) is 0 Å². The Kier molecular flexibility index (Phi) is 4.06. The maximum Gasteiger partial charge on any atom is 0.224 e. The molecule has 1 saturated heterocycles. The van der Waals surface area contributed by atoms with Gasteiger partial charge in [-0.15, -0.1) is 0 Å². The topological polar surface area (TPSA) is 41.1 Å². The Morgan fingerprint density at radius 1 is 1.30 bits per heavy atom. The number of carbonyl (C=O) groups excluding carboxylic acids is 1. The summed E-state index contributed by atoms with van der Waals surface area (Å²) in [4.78, 5) is 12.2. The van der Waals surface area contributed by atoms with Crippen LogP contribution in [0.3, 0.4) is 0 Å². The Labute approximate surface area is 121 Å². The van der Waals surface area contributed by atoms with E-state index in [1.165, 1.54) is 18.5 Å². The maximum atomic E-state index is 12.2. The molecule has 0 spiro atoms. The molecule has 3 nitrogen and oxygen atoms in total. The minimum Gasteiger partial charge on any atom is -0.353 e. The molecule has 108 valence electrons. The highest BCUT2D eigenvalue weighted by Gasteiger charge is 2.34. The third kappa shape index (κ3) is 3.21. The second-order valence-electron chi connectivity index (χ2n) is 6.42. The molecule has 2 fully saturated rings. The van der Waals surface area contributed by atoms with E-state index in [0.29, 0.717) is 12.5 Å². The predicted octanol–water partition coefficient (Wildman–Crippen LogP) is 2.04. The third-order valence-electron chi connectivity index (χ3n) is 4.77. The van der Waals surface area contributed by atoms with Crippen LogP contribution < -0.4 is 10.6 Å². The van der Waals surface area contributed by atoms with Gasteiger partial charge in [0.05, 0.1) is 6.42 Å². The van der Waals surface area contributed by atoms with E-state index >= 15 is 0 Å². The van der Waals surface area contributed by atoms with E-state index in [0.717, 1.165) is 36.8 Å².